The van der Waals surface area contributed by atoms with E-state index in [1.54, 1.807) is 66.7 Å². The molecule has 5 aromatic rings. The number of nitrogens with zero attached hydrogens (tertiary/aromatic N) is 1. The summed E-state index contributed by atoms with van der Waals surface area (Å²) >= 11 is 7.22. The molecule has 0 bridgehead atoms. The van der Waals surface area contributed by atoms with Gasteiger partial charge in [0.25, 0.3) is 11.8 Å². The lowest BCUT2D eigenvalue weighted by Gasteiger charge is -2.17. The fraction of sp³-hybridized carbons (Fsp3) is 0.0286. The van der Waals surface area contributed by atoms with Crippen molar-refractivity contribution < 1.29 is 18.8 Å². The minimum atomic E-state index is -0.657. The molecule has 1 unspecified atom stereocenters. The number of aromatic nitrogens is 1. The van der Waals surface area contributed by atoms with Crippen molar-refractivity contribution in [3.05, 3.63) is 161 Å². The zero-order valence-corrected chi connectivity index (χ0v) is 25.2. The van der Waals surface area contributed by atoms with E-state index in [9.17, 15) is 18.8 Å². The van der Waals surface area contributed by atoms with Crippen LogP contribution >= 0.6 is 23.4 Å². The maximum Gasteiger partial charge on any atom is 0.272 e. The van der Waals surface area contributed by atoms with Gasteiger partial charge in [-0.2, -0.15) is 0 Å². The van der Waals surface area contributed by atoms with Crippen LogP contribution in [0.3, 0.4) is 0 Å². The molecule has 5 rings (SSSR count). The van der Waals surface area contributed by atoms with Gasteiger partial charge in [0, 0.05) is 27.9 Å². The van der Waals surface area contributed by atoms with Crippen molar-refractivity contribution in [1.82, 2.24) is 10.3 Å². The van der Waals surface area contributed by atoms with E-state index in [1.165, 1.54) is 42.2 Å². The number of rotatable bonds is 10. The normalized spacial score (nSPS) is 11.7. The lowest BCUT2D eigenvalue weighted by atomic mass is 10.1. The Morgan fingerprint density at radius 3 is 2.22 bits per heavy atom. The Morgan fingerprint density at radius 2 is 1.51 bits per heavy atom. The molecule has 1 aromatic heterocycles. The van der Waals surface area contributed by atoms with Gasteiger partial charge >= 0.3 is 0 Å². The molecule has 10 heteroatoms. The number of anilines is 2. The second-order valence-corrected chi connectivity index (χ2v) is 11.3. The zero-order chi connectivity index (χ0) is 31.6. The average molecular weight is 637 g/mol. The lowest BCUT2D eigenvalue weighted by molar-refractivity contribution is -0.116. The van der Waals surface area contributed by atoms with Crippen molar-refractivity contribution in [1.29, 1.82) is 0 Å². The van der Waals surface area contributed by atoms with Gasteiger partial charge < -0.3 is 16.0 Å². The summed E-state index contributed by atoms with van der Waals surface area (Å²) in [7, 11) is 0. The molecule has 0 saturated heterocycles. The van der Waals surface area contributed by atoms with E-state index in [1.807, 2.05) is 36.4 Å². The van der Waals surface area contributed by atoms with Gasteiger partial charge in [0.1, 0.15) is 22.6 Å². The molecule has 0 saturated carbocycles. The largest absolute Gasteiger partial charge is 0.321 e. The van der Waals surface area contributed by atoms with Gasteiger partial charge in [0.15, 0.2) is 0 Å². The molecule has 0 spiro atoms. The van der Waals surface area contributed by atoms with E-state index < -0.39 is 22.9 Å². The number of pyridine rings is 1. The van der Waals surface area contributed by atoms with Gasteiger partial charge in [-0.3, -0.25) is 14.4 Å². The number of benzene rings is 4. The summed E-state index contributed by atoms with van der Waals surface area (Å²) in [6.07, 6.45) is 2.73. The first-order chi connectivity index (χ1) is 21.9. The minimum absolute atomic E-state index is 0.132. The number of nitrogens with one attached hydrogen (secondary N) is 3. The summed E-state index contributed by atoms with van der Waals surface area (Å²) in [6.45, 7) is 0. The molecule has 3 N–H and O–H groups in total. The van der Waals surface area contributed by atoms with Gasteiger partial charge in [0.2, 0.25) is 5.91 Å². The van der Waals surface area contributed by atoms with Crippen LogP contribution in [0.5, 0.6) is 0 Å². The minimum Gasteiger partial charge on any atom is -0.321 e. The van der Waals surface area contributed by atoms with Crippen molar-refractivity contribution in [3.8, 4) is 0 Å². The molecule has 0 aliphatic rings. The molecular weight excluding hydrogens is 611 g/mol. The van der Waals surface area contributed by atoms with Crippen LogP contribution in [0.25, 0.3) is 6.08 Å². The second kappa shape index (κ2) is 15.0. The van der Waals surface area contributed by atoms with Crippen molar-refractivity contribution >= 4 is 58.7 Å². The van der Waals surface area contributed by atoms with Gasteiger partial charge in [-0.25, -0.2) is 9.37 Å². The highest BCUT2D eigenvalue weighted by molar-refractivity contribution is 8.00. The molecule has 3 amide bonds. The molecule has 0 aliphatic heterocycles. The average Bonchev–Trinajstić information content (AvgIpc) is 3.06. The summed E-state index contributed by atoms with van der Waals surface area (Å²) in [5.74, 6) is -1.66. The standard InChI is InChI=1S/C35H26ClFN4O3S/c36-26-18-19-31(38-22-26)41-35(44)32(23-10-3-1-4-11-23)45-28-16-9-15-27(21-28)39-34(43)30(20-25-14-7-8-17-29(25)37)40-33(42)24-12-5-2-6-13-24/h1-22,32H,(H,39,43)(H,40,42)(H,38,41,44)/b30-20-. The number of carbonyl (C=O) groups is 3. The third-order valence-electron chi connectivity index (χ3n) is 6.40. The van der Waals surface area contributed by atoms with Crippen LogP contribution in [0.2, 0.25) is 5.02 Å². The Bertz CT molecular complexity index is 1840. The topological polar surface area (TPSA) is 100 Å². The van der Waals surface area contributed by atoms with Crippen LogP contribution in [-0.2, 0) is 9.59 Å². The smallest absolute Gasteiger partial charge is 0.272 e. The molecular formula is C35H26ClFN4O3S. The fourth-order valence-electron chi connectivity index (χ4n) is 4.21. The van der Waals surface area contributed by atoms with Crippen molar-refractivity contribution in [2.75, 3.05) is 10.6 Å². The molecule has 224 valence electrons. The number of hydrogen-bond acceptors (Lipinski definition) is 5. The van der Waals surface area contributed by atoms with Gasteiger partial charge in [-0.05, 0) is 60.2 Å². The predicted molar refractivity (Wildman–Crippen MR) is 176 cm³/mol. The Morgan fingerprint density at radius 1 is 0.800 bits per heavy atom. The van der Waals surface area contributed by atoms with Gasteiger partial charge in [-0.1, -0.05) is 84.4 Å². The molecule has 1 heterocycles. The third-order valence-corrected chi connectivity index (χ3v) is 7.87. The van der Waals surface area contributed by atoms with E-state index in [-0.39, 0.29) is 17.2 Å². The maximum absolute atomic E-state index is 14.5. The van der Waals surface area contributed by atoms with E-state index in [4.69, 9.17) is 11.6 Å². The molecule has 0 aliphatic carbocycles. The van der Waals surface area contributed by atoms with E-state index in [0.717, 1.165) is 5.56 Å². The van der Waals surface area contributed by atoms with E-state index >= 15 is 0 Å². The Labute approximate surface area is 268 Å². The molecule has 4 aromatic carbocycles. The number of hydrogen-bond donors (Lipinski definition) is 3. The zero-order valence-electron chi connectivity index (χ0n) is 23.6. The highest BCUT2D eigenvalue weighted by Gasteiger charge is 2.23. The second-order valence-electron chi connectivity index (χ2n) is 9.64. The lowest BCUT2D eigenvalue weighted by Crippen LogP contribution is -2.30. The van der Waals surface area contributed by atoms with Crippen molar-refractivity contribution in [3.63, 3.8) is 0 Å². The van der Waals surface area contributed by atoms with Gasteiger partial charge in [0.05, 0.1) is 5.02 Å². The molecule has 1 atom stereocenters. The number of halogens is 2. The molecule has 7 nitrogen and oxygen atoms in total. The first kappa shape index (κ1) is 31.2. The molecule has 0 fully saturated rings. The van der Waals surface area contributed by atoms with Crippen LogP contribution in [0.1, 0.15) is 26.7 Å². The third kappa shape index (κ3) is 8.66. The monoisotopic (exact) mass is 636 g/mol. The molecule has 45 heavy (non-hydrogen) atoms. The summed E-state index contributed by atoms with van der Waals surface area (Å²) in [6, 6.07) is 33.8. The summed E-state index contributed by atoms with van der Waals surface area (Å²) < 4.78 is 14.5. The Balaban J connectivity index is 1.38. The Kier molecular flexibility index (Phi) is 10.4. The van der Waals surface area contributed by atoms with Gasteiger partial charge in [-0.15, -0.1) is 11.8 Å². The van der Waals surface area contributed by atoms with Crippen LogP contribution in [-0.4, -0.2) is 22.7 Å². The van der Waals surface area contributed by atoms with Crippen molar-refractivity contribution in [2.24, 2.45) is 0 Å². The summed E-state index contributed by atoms with van der Waals surface area (Å²) in [5.41, 5.74) is 1.49. The van der Waals surface area contributed by atoms with E-state index in [2.05, 4.69) is 20.9 Å². The molecule has 0 radical (unpaired) electrons. The number of amides is 3. The summed E-state index contributed by atoms with van der Waals surface area (Å²) in [4.78, 5) is 44.7. The fourth-order valence-corrected chi connectivity index (χ4v) is 5.41. The summed E-state index contributed by atoms with van der Waals surface area (Å²) in [5, 5.41) is 8.02. The number of thioether (sulfide) groups is 1. The SMILES string of the molecule is O=C(Nc1cccc(SC(C(=O)Nc2ccc(Cl)cn2)c2ccccc2)c1)/C(=C/c1ccccc1F)NC(=O)c1ccccc1. The van der Waals surface area contributed by atoms with E-state index in [0.29, 0.717) is 27.0 Å². The quantitative estimate of drug-likeness (QED) is 0.107. The highest BCUT2D eigenvalue weighted by atomic mass is 35.5. The van der Waals surface area contributed by atoms with Crippen LogP contribution in [0.4, 0.5) is 15.9 Å². The maximum atomic E-state index is 14.5. The van der Waals surface area contributed by atoms with Crippen LogP contribution in [0, 0.1) is 5.82 Å². The Hall–Kier alpha value is -5.25. The highest BCUT2D eigenvalue weighted by Crippen LogP contribution is 2.37. The number of carbonyl (C=O) groups excluding carboxylic acids is 3. The predicted octanol–water partition coefficient (Wildman–Crippen LogP) is 7.76. The van der Waals surface area contributed by atoms with Crippen molar-refractivity contribution in [2.45, 2.75) is 10.1 Å². The van der Waals surface area contributed by atoms with Crippen LogP contribution in [0.15, 0.2) is 138 Å². The first-order valence-corrected chi connectivity index (χ1v) is 15.0. The first-order valence-electron chi connectivity index (χ1n) is 13.7. The van der Waals surface area contributed by atoms with Crippen LogP contribution < -0.4 is 16.0 Å².